The fourth-order valence-electron chi connectivity index (χ4n) is 5.27. The number of amides is 1. The lowest BCUT2D eigenvalue weighted by Gasteiger charge is -2.45. The highest BCUT2D eigenvalue weighted by atomic mass is 16.2. The number of rotatable bonds is 3. The second kappa shape index (κ2) is 4.54. The molecule has 0 spiro atoms. The number of nitrogens with zero attached hydrogens (tertiary/aromatic N) is 1. The zero-order valence-corrected chi connectivity index (χ0v) is 12.0. The first-order valence-corrected chi connectivity index (χ1v) is 7.96. The summed E-state index contributed by atoms with van der Waals surface area (Å²) in [6.45, 7) is 6.01. The molecule has 4 aliphatic rings. The van der Waals surface area contributed by atoms with Gasteiger partial charge in [-0.15, -0.1) is 0 Å². The van der Waals surface area contributed by atoms with Crippen LogP contribution in [0.1, 0.15) is 58.8 Å². The molecular weight excluding hydrogens is 222 g/mol. The summed E-state index contributed by atoms with van der Waals surface area (Å²) in [5.41, 5.74) is 0.0465. The van der Waals surface area contributed by atoms with Crippen LogP contribution in [-0.4, -0.2) is 23.9 Å². The largest absolute Gasteiger partial charge is 0.343 e. The molecule has 2 nitrogen and oxygen atoms in total. The van der Waals surface area contributed by atoms with Crippen LogP contribution in [0.25, 0.3) is 0 Å². The molecule has 4 rings (SSSR count). The average Bonchev–Trinajstić information content (AvgIpc) is 2.56. The topological polar surface area (TPSA) is 20.3 Å². The molecule has 0 aromatic rings. The molecule has 102 valence electrons. The summed E-state index contributed by atoms with van der Waals surface area (Å²) >= 11 is 0. The van der Waals surface area contributed by atoms with Gasteiger partial charge in [-0.25, -0.2) is 0 Å². The lowest BCUT2D eigenvalue weighted by Crippen LogP contribution is -2.47. The van der Waals surface area contributed by atoms with E-state index in [1.807, 2.05) is 0 Å². The molecule has 0 N–H and O–H groups in total. The first kappa shape index (κ1) is 12.5. The highest BCUT2D eigenvalue weighted by molar-refractivity contribution is 5.83. The summed E-state index contributed by atoms with van der Waals surface area (Å²) in [6, 6.07) is 0. The fraction of sp³-hybridized carbons (Fsp3) is 0.938. The van der Waals surface area contributed by atoms with Gasteiger partial charge >= 0.3 is 0 Å². The molecule has 0 heterocycles. The van der Waals surface area contributed by atoms with E-state index in [9.17, 15) is 4.79 Å². The lowest BCUT2D eigenvalue weighted by molar-refractivity contribution is -0.146. The number of hydrogen-bond donors (Lipinski definition) is 0. The zero-order chi connectivity index (χ0) is 12.8. The molecule has 4 aliphatic carbocycles. The molecule has 0 aliphatic heterocycles. The van der Waals surface area contributed by atoms with E-state index in [-0.39, 0.29) is 5.41 Å². The Morgan fingerprint density at radius 2 is 1.61 bits per heavy atom. The van der Waals surface area contributed by atoms with Crippen molar-refractivity contribution in [3.05, 3.63) is 0 Å². The van der Waals surface area contributed by atoms with Gasteiger partial charge in [-0.05, 0) is 76.5 Å². The third kappa shape index (κ3) is 1.88. The van der Waals surface area contributed by atoms with Crippen LogP contribution in [0.15, 0.2) is 0 Å². The molecule has 4 bridgehead atoms. The van der Waals surface area contributed by atoms with Crippen molar-refractivity contribution in [2.75, 3.05) is 13.1 Å². The normalized spacial score (nSPS) is 41.8. The number of hydrogen-bond acceptors (Lipinski definition) is 1. The van der Waals surface area contributed by atoms with Crippen LogP contribution < -0.4 is 0 Å². The van der Waals surface area contributed by atoms with E-state index in [0.29, 0.717) is 5.91 Å². The van der Waals surface area contributed by atoms with Crippen molar-refractivity contribution < 1.29 is 4.79 Å². The van der Waals surface area contributed by atoms with Gasteiger partial charge in [0, 0.05) is 18.5 Å². The van der Waals surface area contributed by atoms with Gasteiger partial charge in [0.05, 0.1) is 0 Å². The maximum Gasteiger partial charge on any atom is 0.228 e. The van der Waals surface area contributed by atoms with Crippen molar-refractivity contribution in [2.24, 2.45) is 23.2 Å². The first-order valence-electron chi connectivity index (χ1n) is 7.96. The molecule has 0 saturated heterocycles. The van der Waals surface area contributed by atoms with E-state index in [2.05, 4.69) is 18.7 Å². The van der Waals surface area contributed by atoms with Crippen LogP contribution in [0.5, 0.6) is 0 Å². The Kier molecular flexibility index (Phi) is 3.15. The Morgan fingerprint density at radius 3 is 2.17 bits per heavy atom. The monoisotopic (exact) mass is 249 g/mol. The van der Waals surface area contributed by atoms with Crippen molar-refractivity contribution in [1.82, 2.24) is 4.90 Å². The minimum atomic E-state index is 0.0465. The summed E-state index contributed by atoms with van der Waals surface area (Å²) in [4.78, 5) is 15.0. The Bertz CT molecular complexity index is 320. The first-order chi connectivity index (χ1) is 8.66. The molecular formula is C16H27NO. The van der Waals surface area contributed by atoms with Crippen LogP contribution in [0.2, 0.25) is 0 Å². The van der Waals surface area contributed by atoms with Crippen molar-refractivity contribution in [1.29, 1.82) is 0 Å². The van der Waals surface area contributed by atoms with Crippen molar-refractivity contribution >= 4 is 5.91 Å². The summed E-state index contributed by atoms with van der Waals surface area (Å²) < 4.78 is 0. The van der Waals surface area contributed by atoms with Crippen LogP contribution in [-0.2, 0) is 4.79 Å². The fourth-order valence-corrected chi connectivity index (χ4v) is 5.27. The number of fused-ring (bicyclic) bond motifs is 1. The van der Waals surface area contributed by atoms with E-state index < -0.39 is 0 Å². The van der Waals surface area contributed by atoms with Gasteiger partial charge in [-0.2, -0.15) is 0 Å². The minimum Gasteiger partial charge on any atom is -0.343 e. The Morgan fingerprint density at radius 1 is 1.06 bits per heavy atom. The Labute approximate surface area is 111 Å². The summed E-state index contributed by atoms with van der Waals surface area (Å²) in [7, 11) is 0. The average molecular weight is 249 g/mol. The van der Waals surface area contributed by atoms with E-state index >= 15 is 0 Å². The second-order valence-corrected chi connectivity index (χ2v) is 7.01. The van der Waals surface area contributed by atoms with Gasteiger partial charge in [0.15, 0.2) is 0 Å². The van der Waals surface area contributed by atoms with Crippen LogP contribution in [0.4, 0.5) is 0 Å². The molecule has 2 heteroatoms. The molecule has 18 heavy (non-hydrogen) atoms. The Hall–Kier alpha value is -0.530. The van der Waals surface area contributed by atoms with Crippen molar-refractivity contribution in [3.63, 3.8) is 0 Å². The maximum absolute atomic E-state index is 12.9. The van der Waals surface area contributed by atoms with Gasteiger partial charge in [0.1, 0.15) is 0 Å². The third-order valence-electron chi connectivity index (χ3n) is 5.89. The molecule has 0 radical (unpaired) electrons. The summed E-state index contributed by atoms with van der Waals surface area (Å²) in [5.74, 6) is 3.17. The quantitative estimate of drug-likeness (QED) is 0.750. The highest BCUT2D eigenvalue weighted by Crippen LogP contribution is 2.57. The maximum atomic E-state index is 12.9. The SMILES string of the molecule is CCN(CC)C(=O)C12CCC3C[C@H](C[C@H](C3)C1)C2. The van der Waals surface area contributed by atoms with Gasteiger partial charge < -0.3 is 4.90 Å². The van der Waals surface area contributed by atoms with Gasteiger partial charge in [-0.3, -0.25) is 4.79 Å². The molecule has 0 aromatic heterocycles. The Balaban J connectivity index is 1.87. The highest BCUT2D eigenvalue weighted by Gasteiger charge is 2.52. The smallest absolute Gasteiger partial charge is 0.228 e. The standard InChI is InChI=1S/C16H27NO/c1-3-17(4-2)15(18)16-6-5-12-7-13(10-16)9-14(8-12)11-16/h12-14H,3-11H2,1-2H3/t12?,13-,14+,16?. The van der Waals surface area contributed by atoms with Crippen molar-refractivity contribution in [3.8, 4) is 0 Å². The van der Waals surface area contributed by atoms with E-state index in [4.69, 9.17) is 0 Å². The zero-order valence-electron chi connectivity index (χ0n) is 12.0. The molecule has 4 atom stereocenters. The number of carbonyl (C=O) groups is 1. The van der Waals surface area contributed by atoms with E-state index in [1.165, 1.54) is 44.9 Å². The third-order valence-corrected chi connectivity index (χ3v) is 5.89. The molecule has 4 saturated carbocycles. The minimum absolute atomic E-state index is 0.0465. The van der Waals surface area contributed by atoms with Gasteiger partial charge in [0.2, 0.25) is 5.91 Å². The number of carbonyl (C=O) groups excluding carboxylic acids is 1. The molecule has 2 unspecified atom stereocenters. The molecule has 4 fully saturated rings. The second-order valence-electron chi connectivity index (χ2n) is 7.01. The summed E-state index contributed by atoms with van der Waals surface area (Å²) in [6.07, 6.45) is 9.17. The predicted octanol–water partition coefficient (Wildman–Crippen LogP) is 3.46. The molecule has 0 aromatic carbocycles. The van der Waals surface area contributed by atoms with Crippen LogP contribution in [0, 0.1) is 23.2 Å². The van der Waals surface area contributed by atoms with Gasteiger partial charge in [-0.1, -0.05) is 0 Å². The van der Waals surface area contributed by atoms with E-state index in [1.54, 1.807) is 0 Å². The lowest BCUT2D eigenvalue weighted by atomic mass is 9.61. The summed E-state index contributed by atoms with van der Waals surface area (Å²) in [5, 5.41) is 0. The molecule has 1 amide bonds. The van der Waals surface area contributed by atoms with Crippen LogP contribution in [0.3, 0.4) is 0 Å². The van der Waals surface area contributed by atoms with Crippen LogP contribution >= 0.6 is 0 Å². The van der Waals surface area contributed by atoms with Crippen molar-refractivity contribution in [2.45, 2.75) is 58.8 Å². The predicted molar refractivity (Wildman–Crippen MR) is 73.2 cm³/mol. The van der Waals surface area contributed by atoms with E-state index in [0.717, 1.165) is 30.8 Å². The van der Waals surface area contributed by atoms with Gasteiger partial charge in [0.25, 0.3) is 0 Å².